The number of para-hydroxylation sites is 1. The molecule has 0 aliphatic carbocycles. The Morgan fingerprint density at radius 2 is 2.25 bits per heavy atom. The summed E-state index contributed by atoms with van der Waals surface area (Å²) in [6.45, 7) is 0.945. The van der Waals surface area contributed by atoms with Crippen molar-refractivity contribution in [3.8, 4) is 5.75 Å². The number of hydrogen-bond acceptors (Lipinski definition) is 2. The van der Waals surface area contributed by atoms with Gasteiger partial charge in [0, 0.05) is 11.6 Å². The third-order valence-electron chi connectivity index (χ3n) is 2.22. The summed E-state index contributed by atoms with van der Waals surface area (Å²) >= 11 is 0. The molecule has 1 aromatic rings. The molecule has 0 unspecified atom stereocenters. The number of rotatable bonds is 1. The van der Waals surface area contributed by atoms with Crippen molar-refractivity contribution >= 4 is 0 Å². The van der Waals surface area contributed by atoms with Gasteiger partial charge in [-0.3, -0.25) is 0 Å². The molecule has 1 aliphatic heterocycles. The Hall–Kier alpha value is -1.09. The van der Waals surface area contributed by atoms with E-state index >= 15 is 0 Å². The van der Waals surface area contributed by atoms with Crippen LogP contribution in [0, 0.1) is 5.82 Å². The van der Waals surface area contributed by atoms with E-state index in [1.165, 1.54) is 6.07 Å². The van der Waals surface area contributed by atoms with Gasteiger partial charge in [0.25, 0.3) is 0 Å². The van der Waals surface area contributed by atoms with Crippen LogP contribution in [0.3, 0.4) is 0 Å². The van der Waals surface area contributed by atoms with Crippen molar-refractivity contribution in [2.45, 2.75) is 12.5 Å². The molecule has 1 aromatic carbocycles. The lowest BCUT2D eigenvalue weighted by molar-refractivity contribution is 0.355. The molecule has 0 radical (unpaired) electrons. The Morgan fingerprint density at radius 1 is 1.50 bits per heavy atom. The first-order chi connectivity index (χ1) is 5.79. The summed E-state index contributed by atoms with van der Waals surface area (Å²) in [6.07, 6.45) is 0.969. The summed E-state index contributed by atoms with van der Waals surface area (Å²) in [5, 5.41) is 12.4. The van der Waals surface area contributed by atoms with Gasteiger partial charge in [0.1, 0.15) is 0 Å². The SMILES string of the molecule is Oc1c(F)cccc1[C@H]1CCN1. The first-order valence-corrected chi connectivity index (χ1v) is 4.00. The Labute approximate surface area is 70.0 Å². The minimum Gasteiger partial charge on any atom is -0.505 e. The molecule has 0 aromatic heterocycles. The van der Waals surface area contributed by atoms with Gasteiger partial charge in [-0.2, -0.15) is 0 Å². The molecule has 0 saturated carbocycles. The van der Waals surface area contributed by atoms with E-state index in [4.69, 9.17) is 0 Å². The average Bonchev–Trinajstić information content (AvgIpc) is 1.95. The molecule has 2 rings (SSSR count). The molecule has 12 heavy (non-hydrogen) atoms. The zero-order chi connectivity index (χ0) is 8.55. The fourth-order valence-corrected chi connectivity index (χ4v) is 1.37. The van der Waals surface area contributed by atoms with Crippen LogP contribution in [0.4, 0.5) is 4.39 Å². The first kappa shape index (κ1) is 7.55. The number of phenolic OH excluding ortho intramolecular Hbond substituents is 1. The van der Waals surface area contributed by atoms with Crippen LogP contribution in [-0.4, -0.2) is 11.7 Å². The van der Waals surface area contributed by atoms with Crippen LogP contribution in [0.2, 0.25) is 0 Å². The van der Waals surface area contributed by atoms with Crippen molar-refractivity contribution in [2.75, 3.05) is 6.54 Å². The van der Waals surface area contributed by atoms with E-state index < -0.39 is 5.82 Å². The predicted molar refractivity (Wildman–Crippen MR) is 43.4 cm³/mol. The molecule has 1 saturated heterocycles. The Morgan fingerprint density at radius 3 is 2.83 bits per heavy atom. The molecule has 1 atom stereocenters. The summed E-state index contributed by atoms with van der Waals surface area (Å²) in [5.41, 5.74) is 0.668. The maximum Gasteiger partial charge on any atom is 0.165 e. The van der Waals surface area contributed by atoms with E-state index in [0.29, 0.717) is 5.56 Å². The van der Waals surface area contributed by atoms with Crippen molar-refractivity contribution in [2.24, 2.45) is 0 Å². The zero-order valence-corrected chi connectivity index (χ0v) is 6.55. The van der Waals surface area contributed by atoms with Gasteiger partial charge >= 0.3 is 0 Å². The van der Waals surface area contributed by atoms with Crippen LogP contribution in [0.25, 0.3) is 0 Å². The van der Waals surface area contributed by atoms with Crippen LogP contribution in [0.1, 0.15) is 18.0 Å². The molecule has 2 nitrogen and oxygen atoms in total. The van der Waals surface area contributed by atoms with E-state index in [1.54, 1.807) is 12.1 Å². The van der Waals surface area contributed by atoms with E-state index in [2.05, 4.69) is 5.32 Å². The zero-order valence-electron chi connectivity index (χ0n) is 6.55. The largest absolute Gasteiger partial charge is 0.505 e. The van der Waals surface area contributed by atoms with Crippen molar-refractivity contribution in [3.05, 3.63) is 29.6 Å². The highest BCUT2D eigenvalue weighted by atomic mass is 19.1. The number of hydrogen-bond donors (Lipinski definition) is 2. The number of nitrogens with one attached hydrogen (secondary N) is 1. The summed E-state index contributed by atoms with van der Waals surface area (Å²) in [7, 11) is 0. The highest BCUT2D eigenvalue weighted by Crippen LogP contribution is 2.31. The number of aromatic hydroxyl groups is 1. The van der Waals surface area contributed by atoms with Crippen molar-refractivity contribution in [1.82, 2.24) is 5.32 Å². The standard InChI is InChI=1S/C9H10FNO/c10-7-3-1-2-6(9(7)12)8-4-5-11-8/h1-3,8,11-12H,4-5H2/t8-/m1/s1. The Bertz CT molecular complexity index is 297. The molecular weight excluding hydrogens is 157 g/mol. The van der Waals surface area contributed by atoms with Crippen LogP contribution in [0.5, 0.6) is 5.75 Å². The van der Waals surface area contributed by atoms with Crippen molar-refractivity contribution < 1.29 is 9.50 Å². The minimum absolute atomic E-state index is 0.140. The van der Waals surface area contributed by atoms with Crippen LogP contribution in [0.15, 0.2) is 18.2 Å². The highest BCUT2D eigenvalue weighted by molar-refractivity contribution is 5.36. The molecule has 64 valence electrons. The van der Waals surface area contributed by atoms with Gasteiger partial charge in [0.05, 0.1) is 0 Å². The van der Waals surface area contributed by atoms with E-state index in [1.807, 2.05) is 0 Å². The fraction of sp³-hybridized carbons (Fsp3) is 0.333. The fourth-order valence-electron chi connectivity index (χ4n) is 1.37. The van der Waals surface area contributed by atoms with Crippen LogP contribution < -0.4 is 5.32 Å². The van der Waals surface area contributed by atoms with E-state index in [-0.39, 0.29) is 11.8 Å². The van der Waals surface area contributed by atoms with Crippen LogP contribution in [-0.2, 0) is 0 Å². The van der Waals surface area contributed by atoms with Gasteiger partial charge in [0.2, 0.25) is 0 Å². The molecular formula is C9H10FNO. The van der Waals surface area contributed by atoms with Crippen LogP contribution >= 0.6 is 0 Å². The topological polar surface area (TPSA) is 32.3 Å². The maximum atomic E-state index is 12.8. The molecule has 3 heteroatoms. The number of phenols is 1. The van der Waals surface area contributed by atoms with Gasteiger partial charge in [0.15, 0.2) is 11.6 Å². The van der Waals surface area contributed by atoms with E-state index in [9.17, 15) is 9.50 Å². The van der Waals surface area contributed by atoms with Gasteiger partial charge in [-0.05, 0) is 19.0 Å². The smallest absolute Gasteiger partial charge is 0.165 e. The van der Waals surface area contributed by atoms with Gasteiger partial charge < -0.3 is 10.4 Å². The summed E-state index contributed by atoms with van der Waals surface area (Å²) in [6, 6.07) is 4.76. The molecule has 1 aliphatic rings. The lowest BCUT2D eigenvalue weighted by Gasteiger charge is -2.28. The second-order valence-electron chi connectivity index (χ2n) is 2.97. The number of halogens is 1. The lowest BCUT2D eigenvalue weighted by atomic mass is 9.97. The molecule has 0 spiro atoms. The predicted octanol–water partition coefficient (Wildman–Crippen LogP) is 1.57. The first-order valence-electron chi connectivity index (χ1n) is 4.00. The normalized spacial score (nSPS) is 21.9. The lowest BCUT2D eigenvalue weighted by Crippen LogP contribution is -2.34. The van der Waals surface area contributed by atoms with Gasteiger partial charge in [-0.15, -0.1) is 0 Å². The second kappa shape index (κ2) is 2.75. The second-order valence-corrected chi connectivity index (χ2v) is 2.97. The molecule has 1 heterocycles. The average molecular weight is 167 g/mol. The molecule has 1 fully saturated rings. The molecule has 0 bridgehead atoms. The third kappa shape index (κ3) is 1.06. The summed E-state index contributed by atoms with van der Waals surface area (Å²) in [4.78, 5) is 0. The highest BCUT2D eigenvalue weighted by Gasteiger charge is 2.22. The molecule has 0 amide bonds. The van der Waals surface area contributed by atoms with E-state index in [0.717, 1.165) is 13.0 Å². The molecule has 2 N–H and O–H groups in total. The monoisotopic (exact) mass is 167 g/mol. The third-order valence-corrected chi connectivity index (χ3v) is 2.22. The Kier molecular flexibility index (Phi) is 1.73. The minimum atomic E-state index is -0.541. The van der Waals surface area contributed by atoms with Crippen molar-refractivity contribution in [3.63, 3.8) is 0 Å². The summed E-state index contributed by atoms with van der Waals surface area (Å²) < 4.78 is 12.8. The van der Waals surface area contributed by atoms with Crippen molar-refractivity contribution in [1.29, 1.82) is 0 Å². The number of benzene rings is 1. The van der Waals surface area contributed by atoms with Gasteiger partial charge in [-0.1, -0.05) is 12.1 Å². The van der Waals surface area contributed by atoms with Gasteiger partial charge in [-0.25, -0.2) is 4.39 Å². The maximum absolute atomic E-state index is 12.8. The Balaban J connectivity index is 2.36. The quantitative estimate of drug-likeness (QED) is 0.665. The summed E-state index contributed by atoms with van der Waals surface area (Å²) in [5.74, 6) is -0.754.